The largest absolute Gasteiger partial charge is 0.339 e. The predicted molar refractivity (Wildman–Crippen MR) is 87.8 cm³/mol. The average Bonchev–Trinajstić information content (AvgIpc) is 3.04. The van der Waals surface area contributed by atoms with Crippen LogP contribution in [0.4, 0.5) is 10.1 Å². The average molecular weight is 325 g/mol. The molecule has 24 heavy (non-hydrogen) atoms. The van der Waals surface area contributed by atoms with E-state index in [0.29, 0.717) is 29.4 Å². The number of carbonyl (C=O) groups excluding carboxylic acids is 1. The number of halogens is 1. The summed E-state index contributed by atoms with van der Waals surface area (Å²) in [6.07, 6.45) is 0.765. The number of aryl methyl sites for hydroxylation is 1. The van der Waals surface area contributed by atoms with Gasteiger partial charge < -0.3 is 9.84 Å². The highest BCUT2D eigenvalue weighted by molar-refractivity contribution is 5.92. The molecule has 0 bridgehead atoms. The normalized spacial score (nSPS) is 10.6. The van der Waals surface area contributed by atoms with Crippen LogP contribution in [0.1, 0.15) is 18.4 Å². The van der Waals surface area contributed by atoms with Crippen LogP contribution < -0.4 is 5.32 Å². The van der Waals surface area contributed by atoms with Gasteiger partial charge in [-0.15, -0.1) is 0 Å². The molecule has 1 N–H and O–H groups in total. The summed E-state index contributed by atoms with van der Waals surface area (Å²) in [5, 5.41) is 6.71. The van der Waals surface area contributed by atoms with Crippen molar-refractivity contribution in [2.75, 3.05) is 5.32 Å². The van der Waals surface area contributed by atoms with Crippen molar-refractivity contribution in [2.45, 2.75) is 19.8 Å². The first-order chi connectivity index (χ1) is 11.6. The molecule has 3 rings (SSSR count). The maximum Gasteiger partial charge on any atom is 0.228 e. The Morgan fingerprint density at radius 1 is 1.21 bits per heavy atom. The summed E-state index contributed by atoms with van der Waals surface area (Å²) in [7, 11) is 0. The molecule has 0 saturated heterocycles. The summed E-state index contributed by atoms with van der Waals surface area (Å²) in [5.41, 5.74) is 1.99. The Morgan fingerprint density at radius 3 is 2.79 bits per heavy atom. The topological polar surface area (TPSA) is 68.0 Å². The SMILES string of the molecule is CCc1nc(-c2cccc(NC(=O)Cc3cccc(F)c3)c2)no1. The van der Waals surface area contributed by atoms with Crippen LogP contribution in [0.3, 0.4) is 0 Å². The van der Waals surface area contributed by atoms with Crippen LogP contribution in [0.15, 0.2) is 53.1 Å². The zero-order valence-corrected chi connectivity index (χ0v) is 13.1. The molecule has 6 heteroatoms. The number of nitrogens with one attached hydrogen (secondary N) is 1. The zero-order chi connectivity index (χ0) is 16.9. The summed E-state index contributed by atoms with van der Waals surface area (Å²) < 4.78 is 18.3. The Hall–Kier alpha value is -3.02. The lowest BCUT2D eigenvalue weighted by atomic mass is 10.1. The quantitative estimate of drug-likeness (QED) is 0.778. The molecule has 1 heterocycles. The molecule has 0 saturated carbocycles. The smallest absolute Gasteiger partial charge is 0.228 e. The van der Waals surface area contributed by atoms with Crippen LogP contribution in [0.25, 0.3) is 11.4 Å². The Labute approximate surface area is 138 Å². The molecule has 0 unspecified atom stereocenters. The van der Waals surface area contributed by atoms with Gasteiger partial charge in [0.1, 0.15) is 5.82 Å². The Bertz CT molecular complexity index is 861. The number of carbonyl (C=O) groups is 1. The van der Waals surface area contributed by atoms with Crippen molar-refractivity contribution in [1.82, 2.24) is 10.1 Å². The van der Waals surface area contributed by atoms with E-state index >= 15 is 0 Å². The minimum absolute atomic E-state index is 0.101. The monoisotopic (exact) mass is 325 g/mol. The highest BCUT2D eigenvalue weighted by Crippen LogP contribution is 2.20. The van der Waals surface area contributed by atoms with Crippen LogP contribution >= 0.6 is 0 Å². The van der Waals surface area contributed by atoms with E-state index in [0.717, 1.165) is 5.56 Å². The van der Waals surface area contributed by atoms with Gasteiger partial charge in [-0.1, -0.05) is 36.3 Å². The fourth-order valence-corrected chi connectivity index (χ4v) is 2.29. The molecule has 0 aliphatic carbocycles. The summed E-state index contributed by atoms with van der Waals surface area (Å²) in [4.78, 5) is 16.4. The molecular formula is C18H16FN3O2. The van der Waals surface area contributed by atoms with Crippen LogP contribution in [0, 0.1) is 5.82 Å². The lowest BCUT2D eigenvalue weighted by Crippen LogP contribution is -2.14. The van der Waals surface area contributed by atoms with E-state index in [2.05, 4.69) is 15.5 Å². The first kappa shape index (κ1) is 15.9. The van der Waals surface area contributed by atoms with Gasteiger partial charge in [0.2, 0.25) is 17.6 Å². The van der Waals surface area contributed by atoms with Crippen LogP contribution in [0.2, 0.25) is 0 Å². The van der Waals surface area contributed by atoms with Gasteiger partial charge in [-0.3, -0.25) is 4.79 Å². The first-order valence-corrected chi connectivity index (χ1v) is 7.61. The number of anilines is 1. The van der Waals surface area contributed by atoms with Crippen LogP contribution in [-0.4, -0.2) is 16.0 Å². The molecule has 0 radical (unpaired) electrons. The minimum atomic E-state index is -0.355. The third-order valence-corrected chi connectivity index (χ3v) is 3.43. The van der Waals surface area contributed by atoms with Gasteiger partial charge in [0.05, 0.1) is 6.42 Å². The summed E-state index contributed by atoms with van der Waals surface area (Å²) in [6.45, 7) is 1.93. The molecule has 1 amide bonds. The van der Waals surface area contributed by atoms with E-state index in [9.17, 15) is 9.18 Å². The predicted octanol–water partition coefficient (Wildman–Crippen LogP) is 3.62. The molecule has 122 valence electrons. The highest BCUT2D eigenvalue weighted by atomic mass is 19.1. The second-order valence-electron chi connectivity index (χ2n) is 5.30. The molecule has 0 fully saturated rings. The molecule has 0 aliphatic heterocycles. The van der Waals surface area contributed by atoms with Crippen molar-refractivity contribution in [1.29, 1.82) is 0 Å². The number of aromatic nitrogens is 2. The maximum absolute atomic E-state index is 13.2. The van der Waals surface area contributed by atoms with Crippen molar-refractivity contribution in [3.8, 4) is 11.4 Å². The number of rotatable bonds is 5. The number of hydrogen-bond acceptors (Lipinski definition) is 4. The van der Waals surface area contributed by atoms with E-state index in [1.54, 1.807) is 30.3 Å². The third kappa shape index (κ3) is 3.84. The maximum atomic E-state index is 13.2. The molecule has 0 atom stereocenters. The summed E-state index contributed by atoms with van der Waals surface area (Å²) >= 11 is 0. The van der Waals surface area contributed by atoms with Crippen molar-refractivity contribution >= 4 is 11.6 Å². The second kappa shape index (κ2) is 7.04. The molecule has 0 spiro atoms. The second-order valence-corrected chi connectivity index (χ2v) is 5.30. The van der Waals surface area contributed by atoms with E-state index in [4.69, 9.17) is 4.52 Å². The summed E-state index contributed by atoms with van der Waals surface area (Å²) in [6, 6.07) is 13.2. The van der Waals surface area contributed by atoms with Gasteiger partial charge in [0.25, 0.3) is 0 Å². The van der Waals surface area contributed by atoms with E-state index in [1.807, 2.05) is 13.0 Å². The first-order valence-electron chi connectivity index (χ1n) is 7.61. The number of nitrogens with zero attached hydrogens (tertiary/aromatic N) is 2. The molecule has 5 nitrogen and oxygen atoms in total. The summed E-state index contributed by atoms with van der Waals surface area (Å²) in [5.74, 6) is 0.463. The van der Waals surface area contributed by atoms with Crippen molar-refractivity contribution in [2.24, 2.45) is 0 Å². The van der Waals surface area contributed by atoms with Crippen LogP contribution in [0.5, 0.6) is 0 Å². The van der Waals surface area contributed by atoms with E-state index in [1.165, 1.54) is 12.1 Å². The third-order valence-electron chi connectivity index (χ3n) is 3.43. The highest BCUT2D eigenvalue weighted by Gasteiger charge is 2.09. The Morgan fingerprint density at radius 2 is 2.04 bits per heavy atom. The Kier molecular flexibility index (Phi) is 4.65. The van der Waals surface area contributed by atoms with Gasteiger partial charge in [0, 0.05) is 17.7 Å². The van der Waals surface area contributed by atoms with Crippen LogP contribution in [-0.2, 0) is 17.6 Å². The fourth-order valence-electron chi connectivity index (χ4n) is 2.29. The number of amides is 1. The van der Waals surface area contributed by atoms with E-state index < -0.39 is 0 Å². The van der Waals surface area contributed by atoms with E-state index in [-0.39, 0.29) is 18.1 Å². The van der Waals surface area contributed by atoms with Crippen molar-refractivity contribution < 1.29 is 13.7 Å². The molecule has 2 aromatic carbocycles. The van der Waals surface area contributed by atoms with Gasteiger partial charge >= 0.3 is 0 Å². The Balaban J connectivity index is 1.71. The lowest BCUT2D eigenvalue weighted by molar-refractivity contribution is -0.115. The van der Waals surface area contributed by atoms with Gasteiger partial charge in [-0.25, -0.2) is 4.39 Å². The number of hydrogen-bond donors (Lipinski definition) is 1. The molecule has 3 aromatic rings. The van der Waals surface area contributed by atoms with Gasteiger partial charge in [-0.2, -0.15) is 4.98 Å². The molecular weight excluding hydrogens is 309 g/mol. The molecule has 1 aromatic heterocycles. The standard InChI is InChI=1S/C18H16FN3O2/c1-2-17-21-18(22-24-17)13-6-4-8-15(11-13)20-16(23)10-12-5-3-7-14(19)9-12/h3-9,11H,2,10H2,1H3,(H,20,23). The van der Waals surface area contributed by atoms with Crippen molar-refractivity contribution in [3.63, 3.8) is 0 Å². The minimum Gasteiger partial charge on any atom is -0.339 e. The fraction of sp³-hybridized carbons (Fsp3) is 0.167. The van der Waals surface area contributed by atoms with Gasteiger partial charge in [0.15, 0.2) is 0 Å². The lowest BCUT2D eigenvalue weighted by Gasteiger charge is -2.06. The van der Waals surface area contributed by atoms with Crippen molar-refractivity contribution in [3.05, 3.63) is 65.8 Å². The zero-order valence-electron chi connectivity index (χ0n) is 13.1. The number of benzene rings is 2. The molecule has 0 aliphatic rings. The van der Waals surface area contributed by atoms with Gasteiger partial charge in [-0.05, 0) is 29.8 Å².